The molecule has 0 atom stereocenters. The Morgan fingerprint density at radius 3 is 2.60 bits per heavy atom. The molecule has 8 heteroatoms. The molecule has 0 radical (unpaired) electrons. The van der Waals surface area contributed by atoms with Crippen molar-refractivity contribution in [1.29, 1.82) is 0 Å². The number of nitrogens with one attached hydrogen (secondary N) is 4. The van der Waals surface area contributed by atoms with Gasteiger partial charge in [-0.3, -0.25) is 9.59 Å². The SMILES string of the molecule is CC(=O)Nc1ccc(Cl)c(C(=O)NCc2ccc3[nH]c(=O)[nH]c3c2)c1. The van der Waals surface area contributed by atoms with E-state index in [1.165, 1.54) is 13.0 Å². The van der Waals surface area contributed by atoms with E-state index in [2.05, 4.69) is 20.6 Å². The van der Waals surface area contributed by atoms with Crippen molar-refractivity contribution in [3.05, 3.63) is 63.0 Å². The smallest absolute Gasteiger partial charge is 0.323 e. The van der Waals surface area contributed by atoms with Crippen LogP contribution in [-0.2, 0) is 11.3 Å². The molecule has 0 saturated heterocycles. The van der Waals surface area contributed by atoms with Crippen molar-refractivity contribution in [3.8, 4) is 0 Å². The Kier molecular flexibility index (Phi) is 4.58. The molecule has 0 aliphatic heterocycles. The van der Waals surface area contributed by atoms with Crippen LogP contribution in [0.25, 0.3) is 11.0 Å². The number of aromatic nitrogens is 2. The van der Waals surface area contributed by atoms with Crippen molar-refractivity contribution in [2.24, 2.45) is 0 Å². The number of carbonyl (C=O) groups is 2. The molecule has 25 heavy (non-hydrogen) atoms. The van der Waals surface area contributed by atoms with Gasteiger partial charge >= 0.3 is 5.69 Å². The highest BCUT2D eigenvalue weighted by atomic mass is 35.5. The van der Waals surface area contributed by atoms with Gasteiger partial charge in [0.25, 0.3) is 5.91 Å². The van der Waals surface area contributed by atoms with Gasteiger partial charge in [-0.15, -0.1) is 0 Å². The molecule has 7 nitrogen and oxygen atoms in total. The van der Waals surface area contributed by atoms with Crippen LogP contribution in [0.4, 0.5) is 5.69 Å². The van der Waals surface area contributed by atoms with Gasteiger partial charge in [0.05, 0.1) is 21.6 Å². The minimum absolute atomic E-state index is 0.234. The molecule has 3 aromatic rings. The average Bonchev–Trinajstić information content (AvgIpc) is 2.93. The van der Waals surface area contributed by atoms with Gasteiger partial charge in [-0.05, 0) is 35.9 Å². The van der Waals surface area contributed by atoms with Crippen LogP contribution in [-0.4, -0.2) is 21.8 Å². The molecule has 0 unspecified atom stereocenters. The lowest BCUT2D eigenvalue weighted by molar-refractivity contribution is -0.114. The fourth-order valence-electron chi connectivity index (χ4n) is 2.45. The summed E-state index contributed by atoms with van der Waals surface area (Å²) in [6, 6.07) is 10.0. The van der Waals surface area contributed by atoms with E-state index in [0.29, 0.717) is 16.7 Å². The normalized spacial score (nSPS) is 10.6. The van der Waals surface area contributed by atoms with Crippen LogP contribution < -0.4 is 16.3 Å². The molecule has 0 aliphatic carbocycles. The Bertz CT molecular complexity index is 1020. The van der Waals surface area contributed by atoms with Crippen LogP contribution in [0.1, 0.15) is 22.8 Å². The highest BCUT2D eigenvalue weighted by molar-refractivity contribution is 6.34. The van der Waals surface area contributed by atoms with Crippen molar-refractivity contribution >= 4 is 40.1 Å². The summed E-state index contributed by atoms with van der Waals surface area (Å²) in [4.78, 5) is 40.1. The van der Waals surface area contributed by atoms with E-state index >= 15 is 0 Å². The summed E-state index contributed by atoms with van der Waals surface area (Å²) in [5.41, 5.74) is 2.67. The third-order valence-corrected chi connectivity index (χ3v) is 3.89. The van der Waals surface area contributed by atoms with E-state index < -0.39 is 0 Å². The third-order valence-electron chi connectivity index (χ3n) is 3.56. The minimum Gasteiger partial charge on any atom is -0.348 e. The lowest BCUT2D eigenvalue weighted by Crippen LogP contribution is -2.23. The molecule has 1 heterocycles. The number of H-pyrrole nitrogens is 2. The Morgan fingerprint density at radius 1 is 1.08 bits per heavy atom. The number of benzene rings is 2. The van der Waals surface area contributed by atoms with E-state index in [-0.39, 0.29) is 34.6 Å². The van der Waals surface area contributed by atoms with Crippen molar-refractivity contribution in [2.75, 3.05) is 5.32 Å². The summed E-state index contributed by atoms with van der Waals surface area (Å²) >= 11 is 6.07. The van der Waals surface area contributed by atoms with E-state index in [9.17, 15) is 14.4 Å². The Balaban J connectivity index is 1.74. The number of hydrogen-bond acceptors (Lipinski definition) is 3. The van der Waals surface area contributed by atoms with Crippen molar-refractivity contribution in [2.45, 2.75) is 13.5 Å². The number of halogens is 1. The van der Waals surface area contributed by atoms with Gasteiger partial charge in [-0.25, -0.2) is 4.79 Å². The quantitative estimate of drug-likeness (QED) is 0.575. The van der Waals surface area contributed by atoms with Gasteiger partial charge in [0.1, 0.15) is 0 Å². The number of fused-ring (bicyclic) bond motifs is 1. The van der Waals surface area contributed by atoms with Crippen LogP contribution in [0.5, 0.6) is 0 Å². The fourth-order valence-corrected chi connectivity index (χ4v) is 2.65. The second-order valence-corrected chi connectivity index (χ2v) is 5.92. The first-order chi connectivity index (χ1) is 11.9. The topological polar surface area (TPSA) is 107 Å². The first-order valence-corrected chi connectivity index (χ1v) is 7.86. The first-order valence-electron chi connectivity index (χ1n) is 7.48. The number of anilines is 1. The summed E-state index contributed by atoms with van der Waals surface area (Å²) in [6.45, 7) is 1.65. The number of imidazole rings is 1. The summed E-state index contributed by atoms with van der Waals surface area (Å²) in [5.74, 6) is -0.595. The zero-order chi connectivity index (χ0) is 18.0. The maximum Gasteiger partial charge on any atom is 0.323 e. The van der Waals surface area contributed by atoms with Gasteiger partial charge in [-0.2, -0.15) is 0 Å². The second-order valence-electron chi connectivity index (χ2n) is 5.52. The standard InChI is InChI=1S/C17H15ClN4O3/c1-9(23)20-11-3-4-13(18)12(7-11)16(24)19-8-10-2-5-14-15(6-10)22-17(25)21-14/h2-7H,8H2,1H3,(H,19,24)(H,20,23)(H2,21,22,25). The van der Waals surface area contributed by atoms with Gasteiger partial charge in [0, 0.05) is 19.2 Å². The molecular formula is C17H15ClN4O3. The molecule has 0 aliphatic rings. The number of aromatic amines is 2. The number of amides is 2. The van der Waals surface area contributed by atoms with Gasteiger partial charge in [-0.1, -0.05) is 17.7 Å². The van der Waals surface area contributed by atoms with E-state index in [4.69, 9.17) is 11.6 Å². The lowest BCUT2D eigenvalue weighted by atomic mass is 10.1. The Labute approximate surface area is 147 Å². The molecular weight excluding hydrogens is 344 g/mol. The van der Waals surface area contributed by atoms with Crippen molar-refractivity contribution in [3.63, 3.8) is 0 Å². The number of carbonyl (C=O) groups excluding carboxylic acids is 2. The highest BCUT2D eigenvalue weighted by Gasteiger charge is 2.12. The molecule has 1 aromatic heterocycles. The maximum absolute atomic E-state index is 12.4. The lowest BCUT2D eigenvalue weighted by Gasteiger charge is -2.09. The first kappa shape index (κ1) is 16.8. The molecule has 0 saturated carbocycles. The van der Waals surface area contributed by atoms with Gasteiger partial charge in [0.15, 0.2) is 0 Å². The molecule has 2 aromatic carbocycles. The average molecular weight is 359 g/mol. The molecule has 3 rings (SSSR count). The number of rotatable bonds is 4. The van der Waals surface area contributed by atoms with Crippen LogP contribution in [0.2, 0.25) is 5.02 Å². The fraction of sp³-hybridized carbons (Fsp3) is 0.118. The van der Waals surface area contributed by atoms with Gasteiger partial charge < -0.3 is 20.6 Å². The summed E-state index contributed by atoms with van der Waals surface area (Å²) < 4.78 is 0. The van der Waals surface area contributed by atoms with Crippen LogP contribution in [0, 0.1) is 0 Å². The van der Waals surface area contributed by atoms with Gasteiger partial charge in [0.2, 0.25) is 5.91 Å². The van der Waals surface area contributed by atoms with Crippen LogP contribution >= 0.6 is 11.6 Å². The summed E-state index contributed by atoms with van der Waals surface area (Å²) in [6.07, 6.45) is 0. The molecule has 4 N–H and O–H groups in total. The third kappa shape index (κ3) is 3.89. The molecule has 0 fully saturated rings. The maximum atomic E-state index is 12.4. The van der Waals surface area contributed by atoms with Crippen LogP contribution in [0.15, 0.2) is 41.2 Å². The predicted molar refractivity (Wildman–Crippen MR) is 95.8 cm³/mol. The monoisotopic (exact) mass is 358 g/mol. The molecule has 2 amide bonds. The molecule has 0 bridgehead atoms. The zero-order valence-electron chi connectivity index (χ0n) is 13.3. The van der Waals surface area contributed by atoms with Crippen molar-refractivity contribution < 1.29 is 9.59 Å². The highest BCUT2D eigenvalue weighted by Crippen LogP contribution is 2.21. The molecule has 128 valence electrons. The zero-order valence-corrected chi connectivity index (χ0v) is 14.0. The van der Waals surface area contributed by atoms with E-state index in [0.717, 1.165) is 5.56 Å². The second kappa shape index (κ2) is 6.82. The van der Waals surface area contributed by atoms with Crippen LogP contribution in [0.3, 0.4) is 0 Å². The van der Waals surface area contributed by atoms with E-state index in [1.807, 2.05) is 6.07 Å². The minimum atomic E-state index is -0.361. The Morgan fingerprint density at radius 2 is 1.84 bits per heavy atom. The van der Waals surface area contributed by atoms with E-state index in [1.54, 1.807) is 24.3 Å². The Hall–Kier alpha value is -3.06. The largest absolute Gasteiger partial charge is 0.348 e. The predicted octanol–water partition coefficient (Wildman–Crippen LogP) is 2.40. The molecule has 0 spiro atoms. The summed E-state index contributed by atoms with van der Waals surface area (Å²) in [7, 11) is 0. The van der Waals surface area contributed by atoms with Crippen molar-refractivity contribution in [1.82, 2.24) is 15.3 Å². The number of hydrogen-bond donors (Lipinski definition) is 4. The summed E-state index contributed by atoms with van der Waals surface area (Å²) in [5, 5.41) is 5.67.